The lowest BCUT2D eigenvalue weighted by Gasteiger charge is -2.12. The van der Waals surface area contributed by atoms with E-state index in [9.17, 15) is 4.79 Å². The summed E-state index contributed by atoms with van der Waals surface area (Å²) in [6, 6.07) is 28.2. The van der Waals surface area contributed by atoms with E-state index in [4.69, 9.17) is 16.6 Å². The Morgan fingerprint density at radius 2 is 1.69 bits per heavy atom. The molecule has 2 atom stereocenters. The first-order chi connectivity index (χ1) is 19.0. The molecule has 3 N–H and O–H groups in total. The van der Waals surface area contributed by atoms with Gasteiger partial charge in [-0.2, -0.15) is 9.61 Å². The van der Waals surface area contributed by atoms with Crippen LogP contribution in [0.15, 0.2) is 95.6 Å². The van der Waals surface area contributed by atoms with Gasteiger partial charge in [-0.05, 0) is 45.1 Å². The molecule has 196 valence electrons. The predicted octanol–water partition coefficient (Wildman–Crippen LogP) is 6.78. The summed E-state index contributed by atoms with van der Waals surface area (Å²) in [7, 11) is 0. The molecule has 2 unspecified atom stereocenters. The SMILES string of the molecule is O=C(NCc1ccc(CNc2cc(-c3ccccc3Cl)nc3c(Br)cnn23)cc1)NC1CC1c1ccccc1. The van der Waals surface area contributed by atoms with Crippen molar-refractivity contribution in [3.05, 3.63) is 117 Å². The molecule has 2 heterocycles. The number of hydrogen-bond acceptors (Lipinski definition) is 4. The zero-order valence-corrected chi connectivity index (χ0v) is 23.3. The molecule has 7 nitrogen and oxygen atoms in total. The van der Waals surface area contributed by atoms with Gasteiger partial charge in [0.25, 0.3) is 0 Å². The molecule has 3 aromatic carbocycles. The van der Waals surface area contributed by atoms with Crippen LogP contribution in [0.5, 0.6) is 0 Å². The van der Waals surface area contributed by atoms with Crippen LogP contribution in [0.2, 0.25) is 5.02 Å². The lowest BCUT2D eigenvalue weighted by Crippen LogP contribution is -2.36. The second-order valence-corrected chi connectivity index (χ2v) is 10.9. The first-order valence-corrected chi connectivity index (χ1v) is 13.9. The van der Waals surface area contributed by atoms with Crippen LogP contribution < -0.4 is 16.0 Å². The first-order valence-electron chi connectivity index (χ1n) is 12.8. The van der Waals surface area contributed by atoms with E-state index >= 15 is 0 Å². The number of halogens is 2. The van der Waals surface area contributed by atoms with Gasteiger partial charge in [0, 0.05) is 41.7 Å². The van der Waals surface area contributed by atoms with Gasteiger partial charge in [0.05, 0.1) is 16.4 Å². The minimum atomic E-state index is -0.134. The van der Waals surface area contributed by atoms with Gasteiger partial charge < -0.3 is 16.0 Å². The number of anilines is 1. The van der Waals surface area contributed by atoms with Crippen LogP contribution in [0.4, 0.5) is 10.6 Å². The number of nitrogens with one attached hydrogen (secondary N) is 3. The molecule has 0 aliphatic heterocycles. The van der Waals surface area contributed by atoms with Crippen LogP contribution in [0.25, 0.3) is 16.9 Å². The Kier molecular flexibility index (Phi) is 7.22. The Hall–Kier alpha value is -3.88. The average molecular weight is 602 g/mol. The number of nitrogens with zero attached hydrogens (tertiary/aromatic N) is 3. The van der Waals surface area contributed by atoms with E-state index in [1.54, 1.807) is 10.7 Å². The van der Waals surface area contributed by atoms with Crippen molar-refractivity contribution in [3.8, 4) is 11.3 Å². The third-order valence-corrected chi connectivity index (χ3v) is 7.75. The number of benzene rings is 3. The van der Waals surface area contributed by atoms with Crippen LogP contribution in [-0.4, -0.2) is 26.7 Å². The fourth-order valence-corrected chi connectivity index (χ4v) is 5.24. The minimum absolute atomic E-state index is 0.134. The van der Waals surface area contributed by atoms with E-state index in [1.807, 2.05) is 60.7 Å². The number of hydrogen-bond donors (Lipinski definition) is 3. The normalized spacial score (nSPS) is 16.2. The Morgan fingerprint density at radius 1 is 0.974 bits per heavy atom. The number of amides is 2. The smallest absolute Gasteiger partial charge is 0.315 e. The number of carbonyl (C=O) groups is 1. The molecule has 0 radical (unpaired) electrons. The van der Waals surface area contributed by atoms with E-state index in [-0.39, 0.29) is 12.1 Å². The van der Waals surface area contributed by atoms with Crippen LogP contribution >= 0.6 is 27.5 Å². The quantitative estimate of drug-likeness (QED) is 0.183. The van der Waals surface area contributed by atoms with E-state index in [0.29, 0.717) is 29.7 Å². The third kappa shape index (κ3) is 5.77. The van der Waals surface area contributed by atoms with Gasteiger partial charge in [-0.25, -0.2) is 9.78 Å². The number of carbonyl (C=O) groups excluding carboxylic acids is 1. The Balaban J connectivity index is 1.06. The van der Waals surface area contributed by atoms with Gasteiger partial charge in [-0.1, -0.05) is 84.4 Å². The molecule has 0 bridgehead atoms. The van der Waals surface area contributed by atoms with Crippen molar-refractivity contribution >= 4 is 45.0 Å². The Labute approximate surface area is 239 Å². The molecule has 1 fully saturated rings. The molecular formula is C30H26BrClN6O. The summed E-state index contributed by atoms with van der Waals surface area (Å²) in [5.41, 5.74) is 5.74. The number of urea groups is 1. The van der Waals surface area contributed by atoms with Crippen molar-refractivity contribution in [1.82, 2.24) is 25.2 Å². The summed E-state index contributed by atoms with van der Waals surface area (Å²) in [5, 5.41) is 14.6. The lowest BCUT2D eigenvalue weighted by atomic mass is 10.1. The highest BCUT2D eigenvalue weighted by molar-refractivity contribution is 9.10. The summed E-state index contributed by atoms with van der Waals surface area (Å²) < 4.78 is 2.57. The van der Waals surface area contributed by atoms with Gasteiger partial charge in [0.2, 0.25) is 0 Å². The average Bonchev–Trinajstić information content (AvgIpc) is 3.63. The van der Waals surface area contributed by atoms with Gasteiger partial charge in [0.1, 0.15) is 5.82 Å². The van der Waals surface area contributed by atoms with E-state index in [0.717, 1.165) is 39.1 Å². The monoisotopic (exact) mass is 600 g/mol. The van der Waals surface area contributed by atoms with E-state index < -0.39 is 0 Å². The zero-order valence-electron chi connectivity index (χ0n) is 20.9. The first kappa shape index (κ1) is 25.4. The zero-order chi connectivity index (χ0) is 26.8. The second kappa shape index (κ2) is 11.1. The molecule has 0 spiro atoms. The molecule has 1 aliphatic rings. The fraction of sp³-hybridized carbons (Fsp3) is 0.167. The molecule has 39 heavy (non-hydrogen) atoms. The van der Waals surface area contributed by atoms with E-state index in [1.165, 1.54) is 5.56 Å². The third-order valence-electron chi connectivity index (χ3n) is 6.86. The van der Waals surface area contributed by atoms with Crippen molar-refractivity contribution in [2.24, 2.45) is 0 Å². The van der Waals surface area contributed by atoms with Gasteiger partial charge in [0.15, 0.2) is 5.65 Å². The highest BCUT2D eigenvalue weighted by atomic mass is 79.9. The second-order valence-electron chi connectivity index (χ2n) is 9.59. The Morgan fingerprint density at radius 3 is 2.46 bits per heavy atom. The molecule has 2 amide bonds. The van der Waals surface area contributed by atoms with Gasteiger partial charge in [-0.15, -0.1) is 0 Å². The summed E-state index contributed by atoms with van der Waals surface area (Å²) in [6.45, 7) is 1.06. The van der Waals surface area contributed by atoms with E-state index in [2.05, 4.69) is 61.2 Å². The molecule has 5 aromatic rings. The maximum absolute atomic E-state index is 12.4. The van der Waals surface area contributed by atoms with Crippen LogP contribution in [-0.2, 0) is 13.1 Å². The molecule has 1 saturated carbocycles. The Bertz CT molecular complexity index is 1620. The maximum atomic E-state index is 12.4. The van der Waals surface area contributed by atoms with Crippen LogP contribution in [0.1, 0.15) is 29.0 Å². The molecule has 9 heteroatoms. The summed E-state index contributed by atoms with van der Waals surface area (Å²) in [6.07, 6.45) is 2.71. The summed E-state index contributed by atoms with van der Waals surface area (Å²) in [5.74, 6) is 1.21. The fourth-order valence-electron chi connectivity index (χ4n) is 4.66. The summed E-state index contributed by atoms with van der Waals surface area (Å²) in [4.78, 5) is 17.1. The summed E-state index contributed by atoms with van der Waals surface area (Å²) >= 11 is 9.99. The van der Waals surface area contributed by atoms with Crippen molar-refractivity contribution in [3.63, 3.8) is 0 Å². The number of aromatic nitrogens is 3. The minimum Gasteiger partial charge on any atom is -0.366 e. The molecule has 2 aromatic heterocycles. The highest BCUT2D eigenvalue weighted by Gasteiger charge is 2.39. The van der Waals surface area contributed by atoms with Crippen molar-refractivity contribution in [1.29, 1.82) is 0 Å². The van der Waals surface area contributed by atoms with Gasteiger partial charge >= 0.3 is 6.03 Å². The lowest BCUT2D eigenvalue weighted by molar-refractivity contribution is 0.240. The van der Waals surface area contributed by atoms with Gasteiger partial charge in [-0.3, -0.25) is 0 Å². The highest BCUT2D eigenvalue weighted by Crippen LogP contribution is 2.40. The largest absolute Gasteiger partial charge is 0.366 e. The number of fused-ring (bicyclic) bond motifs is 1. The number of rotatable bonds is 8. The maximum Gasteiger partial charge on any atom is 0.315 e. The molecule has 1 aliphatic carbocycles. The van der Waals surface area contributed by atoms with Crippen molar-refractivity contribution in [2.75, 3.05) is 5.32 Å². The topological polar surface area (TPSA) is 83.3 Å². The predicted molar refractivity (Wildman–Crippen MR) is 158 cm³/mol. The molecule has 6 rings (SSSR count). The standard InChI is InChI=1S/C30H26BrClN6O/c31-24-18-35-38-28(15-27(36-29(24)38)22-8-4-5-9-25(22)32)33-16-19-10-12-20(13-11-19)17-34-30(39)37-26-14-23(26)21-6-2-1-3-7-21/h1-13,15,18,23,26,33H,14,16-17H2,(H2,34,37,39). The van der Waals surface area contributed by atoms with Crippen molar-refractivity contribution < 1.29 is 4.79 Å². The van der Waals surface area contributed by atoms with Crippen molar-refractivity contribution in [2.45, 2.75) is 31.5 Å². The molecular weight excluding hydrogens is 576 g/mol. The van der Waals surface area contributed by atoms with Crippen LogP contribution in [0.3, 0.4) is 0 Å². The van der Waals surface area contributed by atoms with Crippen LogP contribution in [0, 0.1) is 0 Å². The molecule has 0 saturated heterocycles.